The van der Waals surface area contributed by atoms with Crippen molar-refractivity contribution in [2.75, 3.05) is 0 Å². The highest BCUT2D eigenvalue weighted by Gasteiger charge is 2.18. The average molecular weight is 226 g/mol. The lowest BCUT2D eigenvalue weighted by Crippen LogP contribution is -2.13. The van der Waals surface area contributed by atoms with Gasteiger partial charge < -0.3 is 10.2 Å². The van der Waals surface area contributed by atoms with Crippen molar-refractivity contribution in [2.24, 2.45) is 5.92 Å². The summed E-state index contributed by atoms with van der Waals surface area (Å²) in [6.07, 6.45) is 3.80. The fraction of sp³-hybridized carbons (Fsp3) is 0.636. The number of rotatable bonds is 6. The van der Waals surface area contributed by atoms with Crippen molar-refractivity contribution in [3.63, 3.8) is 0 Å². The summed E-state index contributed by atoms with van der Waals surface area (Å²) in [7, 11) is 0. The van der Waals surface area contributed by atoms with Gasteiger partial charge in [-0.1, -0.05) is 13.8 Å². The van der Waals surface area contributed by atoms with E-state index in [2.05, 4.69) is 5.10 Å². The summed E-state index contributed by atoms with van der Waals surface area (Å²) >= 11 is 0. The molecule has 2 unspecified atom stereocenters. The second-order valence-corrected chi connectivity index (χ2v) is 4.03. The van der Waals surface area contributed by atoms with Crippen molar-refractivity contribution >= 4 is 5.97 Å². The van der Waals surface area contributed by atoms with E-state index >= 15 is 0 Å². The van der Waals surface area contributed by atoms with Crippen molar-refractivity contribution < 1.29 is 15.0 Å². The minimum Gasteiger partial charge on any atom is -0.481 e. The zero-order chi connectivity index (χ0) is 12.1. The van der Waals surface area contributed by atoms with E-state index in [1.807, 2.05) is 6.92 Å². The molecule has 0 aliphatic carbocycles. The maximum Gasteiger partial charge on any atom is 0.306 e. The fourth-order valence-electron chi connectivity index (χ4n) is 1.47. The van der Waals surface area contributed by atoms with Crippen LogP contribution in [0.1, 0.15) is 38.4 Å². The summed E-state index contributed by atoms with van der Waals surface area (Å²) in [5, 5.41) is 22.6. The van der Waals surface area contributed by atoms with Crippen molar-refractivity contribution in [3.8, 4) is 0 Å². The van der Waals surface area contributed by atoms with Crippen LogP contribution >= 0.6 is 0 Å². The first-order chi connectivity index (χ1) is 7.54. The summed E-state index contributed by atoms with van der Waals surface area (Å²) < 4.78 is 1.75. The first-order valence-electron chi connectivity index (χ1n) is 5.47. The molecule has 5 heteroatoms. The van der Waals surface area contributed by atoms with Gasteiger partial charge in [-0.3, -0.25) is 9.48 Å². The molecule has 16 heavy (non-hydrogen) atoms. The quantitative estimate of drug-likeness (QED) is 0.769. The molecule has 0 aliphatic heterocycles. The third-order valence-electron chi connectivity index (χ3n) is 2.49. The lowest BCUT2D eigenvalue weighted by Gasteiger charge is -2.11. The molecule has 0 saturated carbocycles. The molecule has 0 spiro atoms. The summed E-state index contributed by atoms with van der Waals surface area (Å²) in [4.78, 5) is 10.6. The van der Waals surface area contributed by atoms with Crippen LogP contribution in [0.4, 0.5) is 0 Å². The SMILES string of the molecule is CCCn1cc(C(O)CC(C)C(=O)O)cn1. The molecule has 0 aromatic carbocycles. The summed E-state index contributed by atoms with van der Waals surface area (Å²) in [5.41, 5.74) is 0.682. The van der Waals surface area contributed by atoms with Crippen LogP contribution in [0, 0.1) is 5.92 Å². The Morgan fingerprint density at radius 3 is 2.88 bits per heavy atom. The molecule has 90 valence electrons. The Kier molecular flexibility index (Phi) is 4.49. The number of carbonyl (C=O) groups is 1. The molecule has 0 bridgehead atoms. The minimum absolute atomic E-state index is 0.215. The molecule has 2 atom stereocenters. The van der Waals surface area contributed by atoms with Crippen LogP contribution in [0.25, 0.3) is 0 Å². The lowest BCUT2D eigenvalue weighted by atomic mass is 10.0. The van der Waals surface area contributed by atoms with E-state index in [-0.39, 0.29) is 6.42 Å². The number of carboxylic acid groups (broad SMARTS) is 1. The monoisotopic (exact) mass is 226 g/mol. The van der Waals surface area contributed by atoms with Gasteiger partial charge in [-0.15, -0.1) is 0 Å². The summed E-state index contributed by atoms with van der Waals surface area (Å²) in [6.45, 7) is 4.44. The molecule has 0 radical (unpaired) electrons. The lowest BCUT2D eigenvalue weighted by molar-refractivity contribution is -0.142. The number of hydrogen-bond donors (Lipinski definition) is 2. The van der Waals surface area contributed by atoms with Crippen molar-refractivity contribution in [1.82, 2.24) is 9.78 Å². The summed E-state index contributed by atoms with van der Waals surface area (Å²) in [5.74, 6) is -1.44. The Labute approximate surface area is 94.7 Å². The Morgan fingerprint density at radius 1 is 1.62 bits per heavy atom. The number of nitrogens with zero attached hydrogens (tertiary/aromatic N) is 2. The van der Waals surface area contributed by atoms with Crippen LogP contribution < -0.4 is 0 Å². The molecule has 5 nitrogen and oxygen atoms in total. The van der Waals surface area contributed by atoms with E-state index in [0.29, 0.717) is 5.56 Å². The van der Waals surface area contributed by atoms with Crippen molar-refractivity contribution in [2.45, 2.75) is 39.3 Å². The van der Waals surface area contributed by atoms with Crippen molar-refractivity contribution in [3.05, 3.63) is 18.0 Å². The van der Waals surface area contributed by atoms with E-state index < -0.39 is 18.0 Å². The van der Waals surface area contributed by atoms with Crippen LogP contribution in [-0.2, 0) is 11.3 Å². The number of aryl methyl sites for hydroxylation is 1. The zero-order valence-corrected chi connectivity index (χ0v) is 9.63. The Morgan fingerprint density at radius 2 is 2.31 bits per heavy atom. The number of aliphatic carboxylic acids is 1. The van der Waals surface area contributed by atoms with E-state index in [4.69, 9.17) is 5.11 Å². The largest absolute Gasteiger partial charge is 0.481 e. The Hall–Kier alpha value is -1.36. The standard InChI is InChI=1S/C11H18N2O3/c1-3-4-13-7-9(6-12-13)10(14)5-8(2)11(15)16/h6-8,10,14H,3-5H2,1-2H3,(H,15,16). The Bertz CT molecular complexity index is 349. The third-order valence-corrected chi connectivity index (χ3v) is 2.49. The molecule has 1 aromatic heterocycles. The van der Waals surface area contributed by atoms with Crippen LogP contribution in [-0.4, -0.2) is 26.0 Å². The van der Waals surface area contributed by atoms with E-state index in [0.717, 1.165) is 13.0 Å². The predicted octanol–water partition coefficient (Wildman–Crippen LogP) is 1.44. The predicted molar refractivity (Wildman–Crippen MR) is 58.9 cm³/mol. The van der Waals surface area contributed by atoms with Gasteiger partial charge in [0.05, 0.1) is 18.2 Å². The first-order valence-corrected chi connectivity index (χ1v) is 5.47. The first kappa shape index (κ1) is 12.7. The molecule has 0 fully saturated rings. The Balaban J connectivity index is 2.58. The fourth-order valence-corrected chi connectivity index (χ4v) is 1.47. The highest BCUT2D eigenvalue weighted by Crippen LogP contribution is 2.20. The highest BCUT2D eigenvalue weighted by atomic mass is 16.4. The van der Waals surface area contributed by atoms with Gasteiger partial charge in [0, 0.05) is 18.3 Å². The zero-order valence-electron chi connectivity index (χ0n) is 9.63. The van der Waals surface area contributed by atoms with Gasteiger partial charge in [0.1, 0.15) is 0 Å². The molecule has 1 aromatic rings. The van der Waals surface area contributed by atoms with Crippen LogP contribution in [0.3, 0.4) is 0 Å². The van der Waals surface area contributed by atoms with Crippen molar-refractivity contribution in [1.29, 1.82) is 0 Å². The second kappa shape index (κ2) is 5.65. The molecule has 1 rings (SSSR count). The molecule has 2 N–H and O–H groups in total. The number of carboxylic acids is 1. The smallest absolute Gasteiger partial charge is 0.306 e. The van der Waals surface area contributed by atoms with Gasteiger partial charge in [-0.25, -0.2) is 0 Å². The summed E-state index contributed by atoms with van der Waals surface area (Å²) in [6, 6.07) is 0. The van der Waals surface area contributed by atoms with Gasteiger partial charge >= 0.3 is 5.97 Å². The maximum absolute atomic E-state index is 10.6. The van der Waals surface area contributed by atoms with Gasteiger partial charge in [0.15, 0.2) is 0 Å². The molecular formula is C11H18N2O3. The van der Waals surface area contributed by atoms with E-state index in [1.165, 1.54) is 0 Å². The van der Waals surface area contributed by atoms with Gasteiger partial charge in [0.2, 0.25) is 0 Å². The molecule has 0 amide bonds. The number of hydrogen-bond acceptors (Lipinski definition) is 3. The molecule has 1 heterocycles. The second-order valence-electron chi connectivity index (χ2n) is 4.03. The molecule has 0 aliphatic rings. The topological polar surface area (TPSA) is 75.4 Å². The van der Waals surface area contributed by atoms with Gasteiger partial charge in [-0.2, -0.15) is 5.10 Å². The number of aromatic nitrogens is 2. The van der Waals surface area contributed by atoms with Gasteiger partial charge in [-0.05, 0) is 12.8 Å². The van der Waals surface area contributed by atoms with Gasteiger partial charge in [0.25, 0.3) is 0 Å². The molecule has 0 saturated heterocycles. The minimum atomic E-state index is -0.889. The number of aliphatic hydroxyl groups excluding tert-OH is 1. The third kappa shape index (κ3) is 3.34. The van der Waals surface area contributed by atoms with Crippen LogP contribution in [0.15, 0.2) is 12.4 Å². The van der Waals surface area contributed by atoms with E-state index in [1.54, 1.807) is 24.0 Å². The maximum atomic E-state index is 10.6. The average Bonchev–Trinajstić information content (AvgIpc) is 2.66. The normalized spacial score (nSPS) is 14.7. The van der Waals surface area contributed by atoms with Crippen LogP contribution in [0.5, 0.6) is 0 Å². The number of aliphatic hydroxyl groups is 1. The highest BCUT2D eigenvalue weighted by molar-refractivity contribution is 5.69. The molecular weight excluding hydrogens is 208 g/mol. The van der Waals surface area contributed by atoms with E-state index in [9.17, 15) is 9.90 Å². The van der Waals surface area contributed by atoms with Crippen LogP contribution in [0.2, 0.25) is 0 Å².